The van der Waals surface area contributed by atoms with Crippen molar-refractivity contribution >= 4 is 28.9 Å². The number of hydrogen-bond acceptors (Lipinski definition) is 3. The summed E-state index contributed by atoms with van der Waals surface area (Å²) < 4.78 is 5.31. The number of benzene rings is 2. The average molecular weight is 289 g/mol. The molecule has 2 N–H and O–H groups in total. The Hall–Kier alpha value is -2.20. The lowest BCUT2D eigenvalue weighted by Crippen LogP contribution is -2.25. The Bertz CT molecular complexity index is 641. The minimum absolute atomic E-state index is 0.0740. The van der Waals surface area contributed by atoms with Crippen LogP contribution in [0.4, 0.5) is 11.4 Å². The maximum absolute atomic E-state index is 11.3. The van der Waals surface area contributed by atoms with E-state index in [1.54, 1.807) is 0 Å². The summed E-state index contributed by atoms with van der Waals surface area (Å²) in [6, 6.07) is 13.3. The second kappa shape index (κ2) is 5.43. The van der Waals surface area contributed by atoms with Gasteiger partial charge in [-0.3, -0.25) is 4.79 Å². The Morgan fingerprint density at radius 2 is 2.00 bits per heavy atom. The molecule has 2 aromatic carbocycles. The van der Waals surface area contributed by atoms with Crippen molar-refractivity contribution in [3.63, 3.8) is 0 Å². The van der Waals surface area contributed by atoms with Crippen molar-refractivity contribution in [1.82, 2.24) is 0 Å². The number of anilines is 2. The third-order valence-electron chi connectivity index (χ3n) is 3.02. The summed E-state index contributed by atoms with van der Waals surface area (Å²) in [5, 5.41) is 6.80. The van der Waals surface area contributed by atoms with Crippen LogP contribution in [0.15, 0.2) is 42.5 Å². The predicted octanol–water partition coefficient (Wildman–Crippen LogP) is 3.28. The van der Waals surface area contributed by atoms with Gasteiger partial charge in [0.15, 0.2) is 6.61 Å². The smallest absolute Gasteiger partial charge is 0.262 e. The van der Waals surface area contributed by atoms with Crippen LogP contribution in [0.1, 0.15) is 5.56 Å². The highest BCUT2D eigenvalue weighted by atomic mass is 35.5. The van der Waals surface area contributed by atoms with Crippen LogP contribution in [0.2, 0.25) is 5.02 Å². The molecular weight excluding hydrogens is 276 g/mol. The second-order valence-electron chi connectivity index (χ2n) is 4.53. The molecule has 102 valence electrons. The maximum Gasteiger partial charge on any atom is 0.262 e. The van der Waals surface area contributed by atoms with Gasteiger partial charge in [0.25, 0.3) is 5.91 Å². The van der Waals surface area contributed by atoms with Gasteiger partial charge >= 0.3 is 0 Å². The number of carbonyl (C=O) groups is 1. The zero-order valence-corrected chi connectivity index (χ0v) is 11.4. The van der Waals surface area contributed by atoms with E-state index in [-0.39, 0.29) is 12.5 Å². The molecule has 2 aromatic rings. The summed E-state index contributed by atoms with van der Waals surface area (Å²) >= 11 is 5.85. The fourth-order valence-electron chi connectivity index (χ4n) is 2.00. The highest BCUT2D eigenvalue weighted by molar-refractivity contribution is 6.30. The Labute approximate surface area is 121 Å². The molecule has 4 nitrogen and oxygen atoms in total. The highest BCUT2D eigenvalue weighted by Gasteiger charge is 2.15. The van der Waals surface area contributed by atoms with Crippen molar-refractivity contribution in [2.24, 2.45) is 0 Å². The van der Waals surface area contributed by atoms with E-state index in [2.05, 4.69) is 10.6 Å². The molecule has 1 aliphatic rings. The average Bonchev–Trinajstić information content (AvgIpc) is 2.46. The predicted molar refractivity (Wildman–Crippen MR) is 79.3 cm³/mol. The summed E-state index contributed by atoms with van der Waals surface area (Å²) in [5.74, 6) is 0.564. The molecule has 0 saturated heterocycles. The number of nitrogens with one attached hydrogen (secondary N) is 2. The summed E-state index contributed by atoms with van der Waals surface area (Å²) in [4.78, 5) is 11.3. The SMILES string of the molecule is O=C1COc2ccc(NCc3ccc(Cl)cc3)cc2N1. The quantitative estimate of drug-likeness (QED) is 0.911. The van der Waals surface area contributed by atoms with Crippen LogP contribution in [0.5, 0.6) is 5.75 Å². The standard InChI is InChI=1S/C15H13ClN2O2/c16-11-3-1-10(2-4-11)8-17-12-5-6-14-13(7-12)18-15(19)9-20-14/h1-7,17H,8-9H2,(H,18,19). The van der Waals surface area contributed by atoms with Crippen molar-refractivity contribution in [2.75, 3.05) is 17.2 Å². The van der Waals surface area contributed by atoms with E-state index in [0.29, 0.717) is 18.0 Å². The Balaban J connectivity index is 1.70. The van der Waals surface area contributed by atoms with E-state index >= 15 is 0 Å². The number of hydrogen-bond donors (Lipinski definition) is 2. The van der Waals surface area contributed by atoms with Crippen molar-refractivity contribution in [3.8, 4) is 5.75 Å². The fraction of sp³-hybridized carbons (Fsp3) is 0.133. The van der Waals surface area contributed by atoms with E-state index in [1.165, 1.54) is 0 Å². The molecule has 0 bridgehead atoms. The number of carbonyl (C=O) groups excluding carboxylic acids is 1. The molecule has 20 heavy (non-hydrogen) atoms. The normalized spacial score (nSPS) is 13.2. The van der Waals surface area contributed by atoms with Gasteiger partial charge in [0.2, 0.25) is 0 Å². The van der Waals surface area contributed by atoms with Crippen molar-refractivity contribution < 1.29 is 9.53 Å². The van der Waals surface area contributed by atoms with Gasteiger partial charge in [-0.05, 0) is 35.9 Å². The molecule has 0 fully saturated rings. The van der Waals surface area contributed by atoms with Gasteiger partial charge in [-0.2, -0.15) is 0 Å². The van der Waals surface area contributed by atoms with Crippen LogP contribution >= 0.6 is 11.6 Å². The summed E-state index contributed by atoms with van der Waals surface area (Å²) in [7, 11) is 0. The third kappa shape index (κ3) is 2.86. The molecule has 0 radical (unpaired) electrons. The first-order chi connectivity index (χ1) is 9.70. The van der Waals surface area contributed by atoms with Crippen LogP contribution in [0.3, 0.4) is 0 Å². The molecule has 0 atom stereocenters. The van der Waals surface area contributed by atoms with E-state index < -0.39 is 0 Å². The zero-order valence-electron chi connectivity index (χ0n) is 10.7. The fourth-order valence-corrected chi connectivity index (χ4v) is 2.13. The molecule has 0 unspecified atom stereocenters. The molecule has 1 aliphatic heterocycles. The highest BCUT2D eigenvalue weighted by Crippen LogP contribution is 2.30. The lowest BCUT2D eigenvalue weighted by atomic mass is 10.2. The minimum atomic E-state index is -0.132. The number of amides is 1. The molecule has 0 aromatic heterocycles. The van der Waals surface area contributed by atoms with Crippen LogP contribution in [-0.4, -0.2) is 12.5 Å². The molecule has 1 heterocycles. The van der Waals surface area contributed by atoms with Crippen molar-refractivity contribution in [2.45, 2.75) is 6.54 Å². The monoisotopic (exact) mass is 288 g/mol. The van der Waals surface area contributed by atoms with E-state index in [1.807, 2.05) is 42.5 Å². The second-order valence-corrected chi connectivity index (χ2v) is 4.96. The first-order valence-corrected chi connectivity index (χ1v) is 6.63. The Morgan fingerprint density at radius 1 is 1.20 bits per heavy atom. The van der Waals surface area contributed by atoms with Gasteiger partial charge in [-0.15, -0.1) is 0 Å². The topological polar surface area (TPSA) is 50.4 Å². The Kier molecular flexibility index (Phi) is 3.48. The number of halogens is 1. The zero-order chi connectivity index (χ0) is 13.9. The van der Waals surface area contributed by atoms with E-state index in [0.717, 1.165) is 16.3 Å². The van der Waals surface area contributed by atoms with Gasteiger partial charge in [0.05, 0.1) is 5.69 Å². The number of ether oxygens (including phenoxy) is 1. The summed E-state index contributed by atoms with van der Waals surface area (Å²) in [6.07, 6.45) is 0. The van der Waals surface area contributed by atoms with Gasteiger partial charge < -0.3 is 15.4 Å². The van der Waals surface area contributed by atoms with Crippen LogP contribution in [-0.2, 0) is 11.3 Å². The van der Waals surface area contributed by atoms with E-state index in [4.69, 9.17) is 16.3 Å². The number of fused-ring (bicyclic) bond motifs is 1. The largest absolute Gasteiger partial charge is 0.482 e. The van der Waals surface area contributed by atoms with Crippen LogP contribution in [0.25, 0.3) is 0 Å². The van der Waals surface area contributed by atoms with Gasteiger partial charge in [0.1, 0.15) is 5.75 Å². The third-order valence-corrected chi connectivity index (χ3v) is 3.27. The molecule has 5 heteroatoms. The first kappa shape index (κ1) is 12.8. The van der Waals surface area contributed by atoms with Gasteiger partial charge in [0, 0.05) is 17.3 Å². The molecule has 1 amide bonds. The van der Waals surface area contributed by atoms with Crippen molar-refractivity contribution in [1.29, 1.82) is 0 Å². The summed E-state index contributed by atoms with van der Waals surface area (Å²) in [5.41, 5.74) is 2.75. The molecular formula is C15H13ClN2O2. The Morgan fingerprint density at radius 3 is 2.80 bits per heavy atom. The molecule has 0 saturated carbocycles. The van der Waals surface area contributed by atoms with Crippen molar-refractivity contribution in [3.05, 3.63) is 53.1 Å². The van der Waals surface area contributed by atoms with Gasteiger partial charge in [-0.1, -0.05) is 23.7 Å². The summed E-state index contributed by atoms with van der Waals surface area (Å²) in [6.45, 7) is 0.759. The van der Waals surface area contributed by atoms with Crippen LogP contribution in [0, 0.1) is 0 Å². The minimum Gasteiger partial charge on any atom is -0.482 e. The molecule has 3 rings (SSSR count). The first-order valence-electron chi connectivity index (χ1n) is 6.26. The molecule has 0 spiro atoms. The lowest BCUT2D eigenvalue weighted by molar-refractivity contribution is -0.118. The molecule has 0 aliphatic carbocycles. The number of rotatable bonds is 3. The lowest BCUT2D eigenvalue weighted by Gasteiger charge is -2.18. The van der Waals surface area contributed by atoms with Crippen LogP contribution < -0.4 is 15.4 Å². The van der Waals surface area contributed by atoms with Gasteiger partial charge in [-0.25, -0.2) is 0 Å². The maximum atomic E-state index is 11.3. The van der Waals surface area contributed by atoms with E-state index in [9.17, 15) is 4.79 Å².